The first-order valence-electron chi connectivity index (χ1n) is 21.8. The minimum absolute atomic E-state index is 0.0217. The monoisotopic (exact) mass is 707 g/mol. The Kier molecular flexibility index (Phi) is 28.4. The van der Waals surface area contributed by atoms with Gasteiger partial charge in [0, 0.05) is 6.61 Å². The topological polar surface area (TPSA) is 44.8 Å². The van der Waals surface area contributed by atoms with E-state index >= 15 is 0 Å². The minimum Gasteiger partial charge on any atom is -0.494 e. The second kappa shape index (κ2) is 32.3. The van der Waals surface area contributed by atoms with Gasteiger partial charge in [0.05, 0.1) is 18.3 Å². The van der Waals surface area contributed by atoms with Gasteiger partial charge in [-0.1, -0.05) is 193 Å². The van der Waals surface area contributed by atoms with E-state index in [9.17, 15) is 4.79 Å². The summed E-state index contributed by atoms with van der Waals surface area (Å²) in [6.07, 6.45) is 38.1. The summed E-state index contributed by atoms with van der Waals surface area (Å²) in [6, 6.07) is 15.0. The summed E-state index contributed by atoms with van der Waals surface area (Å²) in [6.45, 7) is 8.16. The highest BCUT2D eigenvalue weighted by atomic mass is 16.5. The summed E-state index contributed by atoms with van der Waals surface area (Å²) >= 11 is 0. The van der Waals surface area contributed by atoms with E-state index in [1.54, 1.807) is 12.1 Å². The molecule has 4 heteroatoms. The van der Waals surface area contributed by atoms with Crippen molar-refractivity contribution in [3.05, 3.63) is 59.7 Å². The molecule has 1 atom stereocenters. The van der Waals surface area contributed by atoms with Crippen molar-refractivity contribution in [2.45, 2.75) is 207 Å². The zero-order chi connectivity index (χ0) is 36.5. The molecular weight excluding hydrogens is 629 g/mol. The average molecular weight is 707 g/mol. The quantitative estimate of drug-likeness (QED) is 0.0407. The van der Waals surface area contributed by atoms with Gasteiger partial charge in [-0.05, 0) is 61.7 Å². The van der Waals surface area contributed by atoms with E-state index in [0.29, 0.717) is 17.9 Å². The molecule has 1 unspecified atom stereocenters. The predicted molar refractivity (Wildman–Crippen MR) is 218 cm³/mol. The van der Waals surface area contributed by atoms with E-state index < -0.39 is 0 Å². The van der Waals surface area contributed by atoms with Crippen molar-refractivity contribution in [1.82, 2.24) is 0 Å². The molecule has 0 aromatic heterocycles. The Morgan fingerprint density at radius 3 is 1.22 bits per heavy atom. The molecule has 0 bridgehead atoms. The number of unbranched alkanes of at least 4 members (excludes halogenated alkanes) is 26. The van der Waals surface area contributed by atoms with Crippen LogP contribution in [0, 0.1) is 0 Å². The Bertz CT molecular complexity index is 1050. The number of hydrogen-bond acceptors (Lipinski definition) is 4. The van der Waals surface area contributed by atoms with Crippen LogP contribution in [-0.2, 0) is 4.74 Å². The van der Waals surface area contributed by atoms with Crippen molar-refractivity contribution in [3.8, 4) is 11.5 Å². The smallest absolute Gasteiger partial charge is 0.343 e. The SMILES string of the molecule is CCCCCCCCCCCCCCCCCCCCOC(C)c1ccc(OC(=O)c2ccc(OCCCCCCCCCCCC)cc2)cc1. The number of benzene rings is 2. The highest BCUT2D eigenvalue weighted by molar-refractivity contribution is 5.91. The molecule has 2 rings (SSSR count). The Hall–Kier alpha value is -2.33. The summed E-state index contributed by atoms with van der Waals surface area (Å²) in [5.41, 5.74) is 1.62. The third kappa shape index (κ3) is 24.5. The van der Waals surface area contributed by atoms with Gasteiger partial charge in [0.2, 0.25) is 0 Å². The molecule has 4 nitrogen and oxygen atoms in total. The molecule has 0 heterocycles. The maximum atomic E-state index is 12.7. The molecule has 2 aromatic rings. The molecule has 0 radical (unpaired) electrons. The second-order valence-electron chi connectivity index (χ2n) is 15.0. The lowest BCUT2D eigenvalue weighted by Gasteiger charge is -2.14. The zero-order valence-corrected chi connectivity index (χ0v) is 33.5. The molecule has 0 amide bonds. The normalized spacial score (nSPS) is 11.9. The molecule has 51 heavy (non-hydrogen) atoms. The lowest BCUT2D eigenvalue weighted by atomic mass is 10.0. The number of hydrogen-bond donors (Lipinski definition) is 0. The highest BCUT2D eigenvalue weighted by Gasteiger charge is 2.11. The maximum Gasteiger partial charge on any atom is 0.343 e. The molecule has 0 aliphatic rings. The van der Waals surface area contributed by atoms with Crippen molar-refractivity contribution in [3.63, 3.8) is 0 Å². The number of rotatable bonds is 35. The molecule has 0 N–H and O–H groups in total. The lowest BCUT2D eigenvalue weighted by Crippen LogP contribution is -2.09. The third-order valence-electron chi connectivity index (χ3n) is 10.3. The summed E-state index contributed by atoms with van der Waals surface area (Å²) in [5.74, 6) is 0.981. The number of carbonyl (C=O) groups excluding carboxylic acids is 1. The Labute approximate surface area is 315 Å². The minimum atomic E-state index is -0.359. The molecule has 0 saturated heterocycles. The Balaban J connectivity index is 1.44. The molecule has 0 spiro atoms. The molecule has 0 fully saturated rings. The van der Waals surface area contributed by atoms with Crippen molar-refractivity contribution in [2.75, 3.05) is 13.2 Å². The number of ether oxygens (including phenoxy) is 3. The molecule has 0 aliphatic carbocycles. The molecule has 290 valence electrons. The standard InChI is InChI=1S/C47H78O4/c1-4-6-8-10-12-14-16-17-18-19-20-21-22-23-25-26-28-30-40-49-42(3)43-32-38-46(39-33-43)51-47(48)44-34-36-45(37-35-44)50-41-31-29-27-24-15-13-11-9-7-5-2/h32-39,42H,4-31,40-41H2,1-3H3. The lowest BCUT2D eigenvalue weighted by molar-refractivity contribution is 0.0627. The van der Waals surface area contributed by atoms with E-state index in [2.05, 4.69) is 20.8 Å². The number of carbonyl (C=O) groups is 1. The fraction of sp³-hybridized carbons (Fsp3) is 0.723. The summed E-state index contributed by atoms with van der Waals surface area (Å²) < 4.78 is 17.6. The highest BCUT2D eigenvalue weighted by Crippen LogP contribution is 2.23. The number of esters is 1. The molecule has 2 aromatic carbocycles. The average Bonchev–Trinajstić information content (AvgIpc) is 3.15. The van der Waals surface area contributed by atoms with Crippen LogP contribution in [0.15, 0.2) is 48.5 Å². The summed E-state index contributed by atoms with van der Waals surface area (Å²) in [4.78, 5) is 12.7. The van der Waals surface area contributed by atoms with Crippen molar-refractivity contribution < 1.29 is 19.0 Å². The summed E-state index contributed by atoms with van der Waals surface area (Å²) in [5, 5.41) is 0. The van der Waals surface area contributed by atoms with Crippen molar-refractivity contribution in [2.24, 2.45) is 0 Å². The van der Waals surface area contributed by atoms with Crippen LogP contribution in [0.4, 0.5) is 0 Å². The first kappa shape index (κ1) is 44.8. The molecule has 0 saturated carbocycles. The van der Waals surface area contributed by atoms with Crippen LogP contribution in [0.2, 0.25) is 0 Å². The summed E-state index contributed by atoms with van der Waals surface area (Å²) in [7, 11) is 0. The fourth-order valence-electron chi connectivity index (χ4n) is 6.80. The van der Waals surface area contributed by atoms with Gasteiger partial charge in [-0.25, -0.2) is 4.79 Å². The largest absolute Gasteiger partial charge is 0.494 e. The van der Waals surface area contributed by atoms with Crippen LogP contribution in [0.25, 0.3) is 0 Å². The van der Waals surface area contributed by atoms with Gasteiger partial charge in [0.1, 0.15) is 11.5 Å². The van der Waals surface area contributed by atoms with E-state index in [0.717, 1.165) is 30.8 Å². The first-order valence-corrected chi connectivity index (χ1v) is 21.8. The van der Waals surface area contributed by atoms with Crippen LogP contribution in [-0.4, -0.2) is 19.2 Å². The van der Waals surface area contributed by atoms with Gasteiger partial charge in [0.25, 0.3) is 0 Å². The van der Waals surface area contributed by atoms with E-state index in [1.165, 1.54) is 167 Å². The van der Waals surface area contributed by atoms with Crippen LogP contribution >= 0.6 is 0 Å². The Morgan fingerprint density at radius 2 is 0.804 bits per heavy atom. The first-order chi connectivity index (χ1) is 25.1. The van der Waals surface area contributed by atoms with E-state index in [-0.39, 0.29) is 12.1 Å². The van der Waals surface area contributed by atoms with Gasteiger partial charge in [0.15, 0.2) is 0 Å². The molecule has 0 aliphatic heterocycles. The second-order valence-corrected chi connectivity index (χ2v) is 15.0. The van der Waals surface area contributed by atoms with Crippen molar-refractivity contribution in [1.29, 1.82) is 0 Å². The fourth-order valence-corrected chi connectivity index (χ4v) is 6.80. The maximum absolute atomic E-state index is 12.7. The van der Waals surface area contributed by atoms with Gasteiger partial charge in [-0.2, -0.15) is 0 Å². The molecular formula is C47H78O4. The van der Waals surface area contributed by atoms with Crippen LogP contribution in [0.1, 0.15) is 223 Å². The van der Waals surface area contributed by atoms with Crippen LogP contribution < -0.4 is 9.47 Å². The van der Waals surface area contributed by atoms with E-state index in [1.807, 2.05) is 36.4 Å². The predicted octanol–water partition coefficient (Wildman–Crippen LogP) is 15.3. The van der Waals surface area contributed by atoms with Crippen LogP contribution in [0.3, 0.4) is 0 Å². The Morgan fingerprint density at radius 1 is 0.451 bits per heavy atom. The van der Waals surface area contributed by atoms with Gasteiger partial charge in [-0.15, -0.1) is 0 Å². The van der Waals surface area contributed by atoms with Crippen LogP contribution in [0.5, 0.6) is 11.5 Å². The van der Waals surface area contributed by atoms with E-state index in [4.69, 9.17) is 14.2 Å². The zero-order valence-electron chi connectivity index (χ0n) is 33.5. The van der Waals surface area contributed by atoms with Crippen molar-refractivity contribution >= 4 is 5.97 Å². The van der Waals surface area contributed by atoms with Gasteiger partial charge in [-0.3, -0.25) is 0 Å². The third-order valence-corrected chi connectivity index (χ3v) is 10.3. The van der Waals surface area contributed by atoms with Gasteiger partial charge < -0.3 is 14.2 Å². The van der Waals surface area contributed by atoms with Gasteiger partial charge >= 0.3 is 5.97 Å².